The molecule has 0 radical (unpaired) electrons. The van der Waals surface area contributed by atoms with Crippen LogP contribution in [-0.2, 0) is 4.74 Å². The maximum absolute atomic E-state index is 5.87. The Morgan fingerprint density at radius 3 is 2.95 bits per heavy atom. The molecule has 0 N–H and O–H groups in total. The quantitative estimate of drug-likeness (QED) is 0.857. The van der Waals surface area contributed by atoms with Gasteiger partial charge in [-0.3, -0.25) is 4.90 Å². The number of rotatable bonds is 3. The summed E-state index contributed by atoms with van der Waals surface area (Å²) >= 11 is 1.77. The number of ether oxygens (including phenoxy) is 1. The molecule has 0 aromatic carbocycles. The average Bonchev–Trinajstić information content (AvgIpc) is 2.86. The molecule has 2 atom stereocenters. The second-order valence-corrected chi connectivity index (χ2v) is 6.90. The molecule has 1 aromatic rings. The Kier molecular flexibility index (Phi) is 4.58. The van der Waals surface area contributed by atoms with Crippen LogP contribution in [-0.4, -0.2) is 54.8 Å². The third kappa shape index (κ3) is 3.32. The minimum atomic E-state index is 0.463. The van der Waals surface area contributed by atoms with Gasteiger partial charge in [0.25, 0.3) is 0 Å². The summed E-state index contributed by atoms with van der Waals surface area (Å²) in [5.74, 6) is 0. The first-order valence-electron chi connectivity index (χ1n) is 7.75. The molecule has 0 bridgehead atoms. The van der Waals surface area contributed by atoms with E-state index >= 15 is 0 Å². The fourth-order valence-corrected chi connectivity index (χ4v) is 4.13. The predicted molar refractivity (Wildman–Crippen MR) is 83.7 cm³/mol. The van der Waals surface area contributed by atoms with E-state index in [1.165, 1.54) is 24.4 Å². The van der Waals surface area contributed by atoms with Crippen molar-refractivity contribution in [3.63, 3.8) is 0 Å². The lowest BCUT2D eigenvalue weighted by Crippen LogP contribution is -2.53. The third-order valence-corrected chi connectivity index (χ3v) is 5.30. The molecular formula is C15H25N3OS. The number of hydrogen-bond donors (Lipinski definition) is 0. The summed E-state index contributed by atoms with van der Waals surface area (Å²) in [6.07, 6.45) is 4.27. The molecule has 2 saturated heterocycles. The molecule has 0 amide bonds. The van der Waals surface area contributed by atoms with Crippen LogP contribution >= 0.6 is 11.3 Å². The van der Waals surface area contributed by atoms with Crippen LogP contribution in [0.1, 0.15) is 31.9 Å². The van der Waals surface area contributed by atoms with Crippen LogP contribution in [0.25, 0.3) is 0 Å². The summed E-state index contributed by atoms with van der Waals surface area (Å²) in [4.78, 5) is 9.65. The third-order valence-electron chi connectivity index (χ3n) is 4.30. The minimum Gasteiger partial charge on any atom is -0.377 e. The molecular weight excluding hydrogens is 270 g/mol. The maximum Gasteiger partial charge on any atom is 0.185 e. The first-order valence-corrected chi connectivity index (χ1v) is 8.63. The van der Waals surface area contributed by atoms with Crippen molar-refractivity contribution in [2.24, 2.45) is 0 Å². The number of aryl methyl sites for hydroxylation is 1. The van der Waals surface area contributed by atoms with Gasteiger partial charge in [0.1, 0.15) is 0 Å². The van der Waals surface area contributed by atoms with Crippen LogP contribution in [0.15, 0.2) is 5.38 Å². The lowest BCUT2D eigenvalue weighted by molar-refractivity contribution is -0.00823. The highest BCUT2D eigenvalue weighted by Crippen LogP contribution is 2.25. The molecule has 4 nitrogen and oxygen atoms in total. The zero-order chi connectivity index (χ0) is 13.9. The van der Waals surface area contributed by atoms with E-state index in [1.54, 1.807) is 11.3 Å². The topological polar surface area (TPSA) is 28.6 Å². The van der Waals surface area contributed by atoms with Gasteiger partial charge in [0, 0.05) is 44.2 Å². The van der Waals surface area contributed by atoms with Crippen molar-refractivity contribution in [1.29, 1.82) is 0 Å². The van der Waals surface area contributed by atoms with Gasteiger partial charge in [-0.25, -0.2) is 4.98 Å². The molecule has 20 heavy (non-hydrogen) atoms. The van der Waals surface area contributed by atoms with Crippen LogP contribution in [0.3, 0.4) is 0 Å². The van der Waals surface area contributed by atoms with Gasteiger partial charge >= 0.3 is 0 Å². The van der Waals surface area contributed by atoms with Gasteiger partial charge in [0.05, 0.1) is 11.8 Å². The lowest BCUT2D eigenvalue weighted by Gasteiger charge is -2.41. The van der Waals surface area contributed by atoms with Crippen molar-refractivity contribution in [1.82, 2.24) is 9.88 Å². The number of anilines is 1. The van der Waals surface area contributed by atoms with Crippen molar-refractivity contribution in [2.75, 3.05) is 37.7 Å². The van der Waals surface area contributed by atoms with E-state index in [9.17, 15) is 0 Å². The summed E-state index contributed by atoms with van der Waals surface area (Å²) in [6, 6.07) is 0.540. The summed E-state index contributed by atoms with van der Waals surface area (Å²) in [6.45, 7) is 9.78. The molecule has 2 unspecified atom stereocenters. The van der Waals surface area contributed by atoms with Crippen molar-refractivity contribution in [3.05, 3.63) is 11.1 Å². The summed E-state index contributed by atoms with van der Waals surface area (Å²) in [5, 5.41) is 3.33. The number of nitrogens with zero attached hydrogens (tertiary/aromatic N) is 3. The van der Waals surface area contributed by atoms with E-state index in [4.69, 9.17) is 4.74 Å². The molecule has 0 spiro atoms. The molecule has 5 heteroatoms. The van der Waals surface area contributed by atoms with Gasteiger partial charge in [-0.2, -0.15) is 0 Å². The van der Waals surface area contributed by atoms with E-state index in [2.05, 4.69) is 34.0 Å². The smallest absolute Gasteiger partial charge is 0.185 e. The first kappa shape index (κ1) is 14.3. The molecule has 1 aromatic heterocycles. The molecule has 112 valence electrons. The summed E-state index contributed by atoms with van der Waals surface area (Å²) < 4.78 is 5.87. The standard InChI is InChI=1S/C15H25N3OS/c1-12-11-20-15(16-12)18-7-6-17(9-13(18)2)10-14-5-3-4-8-19-14/h11,13-14H,3-10H2,1-2H3. The molecule has 3 heterocycles. The van der Waals surface area contributed by atoms with Crippen molar-refractivity contribution >= 4 is 16.5 Å². The summed E-state index contributed by atoms with van der Waals surface area (Å²) in [5.41, 5.74) is 1.13. The minimum absolute atomic E-state index is 0.463. The number of piperazine rings is 1. The van der Waals surface area contributed by atoms with Gasteiger partial charge in [-0.15, -0.1) is 11.3 Å². The highest BCUT2D eigenvalue weighted by molar-refractivity contribution is 7.13. The first-order chi connectivity index (χ1) is 9.72. The molecule has 2 aliphatic rings. The Balaban J connectivity index is 1.53. The second-order valence-electron chi connectivity index (χ2n) is 6.06. The van der Waals surface area contributed by atoms with Crippen LogP contribution in [0.4, 0.5) is 5.13 Å². The Morgan fingerprint density at radius 2 is 2.30 bits per heavy atom. The lowest BCUT2D eigenvalue weighted by atomic mass is 10.1. The van der Waals surface area contributed by atoms with E-state index in [0.717, 1.165) is 38.5 Å². The highest BCUT2D eigenvalue weighted by atomic mass is 32.1. The second kappa shape index (κ2) is 6.41. The Hall–Kier alpha value is -0.650. The fourth-order valence-electron chi connectivity index (χ4n) is 3.20. The van der Waals surface area contributed by atoms with Gasteiger partial charge in [0.2, 0.25) is 0 Å². The van der Waals surface area contributed by atoms with Crippen molar-refractivity contribution < 1.29 is 4.74 Å². The SMILES string of the molecule is Cc1csc(N2CCN(CC3CCCCO3)CC2C)n1. The monoisotopic (exact) mass is 295 g/mol. The number of aromatic nitrogens is 1. The van der Waals surface area contributed by atoms with Crippen LogP contribution in [0, 0.1) is 6.92 Å². The zero-order valence-electron chi connectivity index (χ0n) is 12.5. The normalized spacial score (nSPS) is 28.8. The molecule has 2 aliphatic heterocycles. The predicted octanol–water partition coefficient (Wildman–Crippen LogP) is 2.53. The molecule has 3 rings (SSSR count). The number of hydrogen-bond acceptors (Lipinski definition) is 5. The van der Waals surface area contributed by atoms with Gasteiger partial charge in [-0.1, -0.05) is 0 Å². The largest absolute Gasteiger partial charge is 0.377 e. The van der Waals surface area contributed by atoms with E-state index in [0.29, 0.717) is 12.1 Å². The Morgan fingerprint density at radius 1 is 1.40 bits per heavy atom. The average molecular weight is 295 g/mol. The zero-order valence-corrected chi connectivity index (χ0v) is 13.4. The highest BCUT2D eigenvalue weighted by Gasteiger charge is 2.27. The van der Waals surface area contributed by atoms with Gasteiger partial charge in [0.15, 0.2) is 5.13 Å². The van der Waals surface area contributed by atoms with E-state index < -0.39 is 0 Å². The van der Waals surface area contributed by atoms with E-state index in [-0.39, 0.29) is 0 Å². The van der Waals surface area contributed by atoms with Crippen LogP contribution in [0.2, 0.25) is 0 Å². The fraction of sp³-hybridized carbons (Fsp3) is 0.800. The van der Waals surface area contributed by atoms with Crippen LogP contribution in [0.5, 0.6) is 0 Å². The van der Waals surface area contributed by atoms with Gasteiger partial charge in [-0.05, 0) is 33.1 Å². The number of thiazole rings is 1. The van der Waals surface area contributed by atoms with Crippen molar-refractivity contribution in [2.45, 2.75) is 45.3 Å². The molecule has 0 saturated carbocycles. The summed E-state index contributed by atoms with van der Waals surface area (Å²) in [7, 11) is 0. The van der Waals surface area contributed by atoms with Gasteiger partial charge < -0.3 is 9.64 Å². The van der Waals surface area contributed by atoms with E-state index in [1.807, 2.05) is 0 Å². The molecule has 0 aliphatic carbocycles. The Labute approximate surface area is 125 Å². The van der Waals surface area contributed by atoms with Crippen molar-refractivity contribution in [3.8, 4) is 0 Å². The maximum atomic E-state index is 5.87. The van der Waals surface area contributed by atoms with Crippen LogP contribution < -0.4 is 4.90 Å². The molecule has 2 fully saturated rings. The Bertz CT molecular complexity index is 431.